The number of methoxy groups -OCH3 is 1. The number of fused-ring (bicyclic) bond motifs is 1. The van der Waals surface area contributed by atoms with Crippen molar-refractivity contribution in [1.82, 2.24) is 0 Å². The van der Waals surface area contributed by atoms with Crippen LogP contribution in [0.15, 0.2) is 27.5 Å². The molecule has 0 unspecified atom stereocenters. The number of hydrogen-bond acceptors (Lipinski definition) is 4. The molecule has 1 heterocycles. The van der Waals surface area contributed by atoms with Gasteiger partial charge in [0, 0.05) is 18.5 Å². The highest BCUT2D eigenvalue weighted by molar-refractivity contribution is 7.90. The van der Waals surface area contributed by atoms with E-state index in [-0.39, 0.29) is 4.90 Å². The summed E-state index contributed by atoms with van der Waals surface area (Å²) >= 11 is 5.65. The number of alkyl halides is 1. The van der Waals surface area contributed by atoms with Crippen molar-refractivity contribution in [3.05, 3.63) is 18.2 Å². The third kappa shape index (κ3) is 2.23. The number of sulfonamides is 1. The molecule has 5 nitrogen and oxygen atoms in total. The zero-order chi connectivity index (χ0) is 12.5. The van der Waals surface area contributed by atoms with Crippen LogP contribution in [0.4, 0.5) is 5.69 Å². The average Bonchev–Trinajstić information content (AvgIpc) is 2.33. The molecule has 0 amide bonds. The van der Waals surface area contributed by atoms with Gasteiger partial charge in [-0.15, -0.1) is 16.0 Å². The van der Waals surface area contributed by atoms with E-state index in [1.807, 2.05) is 0 Å². The molecule has 0 spiro atoms. The lowest BCUT2D eigenvalue weighted by Crippen LogP contribution is -2.28. The zero-order valence-electron chi connectivity index (χ0n) is 9.13. The summed E-state index contributed by atoms with van der Waals surface area (Å²) in [5.41, 5.74) is 0.571. The summed E-state index contributed by atoms with van der Waals surface area (Å²) in [6.45, 7) is 0.500. The van der Waals surface area contributed by atoms with Gasteiger partial charge in [0.25, 0.3) is 10.0 Å². The number of benzene rings is 1. The van der Waals surface area contributed by atoms with Gasteiger partial charge in [0.15, 0.2) is 0 Å². The smallest absolute Gasteiger partial charge is 0.285 e. The Morgan fingerprint density at radius 2 is 2.24 bits per heavy atom. The van der Waals surface area contributed by atoms with Gasteiger partial charge >= 0.3 is 0 Å². The number of hydrogen-bond donors (Lipinski definition) is 0. The second-order valence-corrected chi connectivity index (χ2v) is 5.39. The third-order valence-electron chi connectivity index (χ3n) is 2.41. The maximum Gasteiger partial charge on any atom is 0.285 e. The molecule has 17 heavy (non-hydrogen) atoms. The van der Waals surface area contributed by atoms with E-state index in [1.165, 1.54) is 19.5 Å². The fourth-order valence-corrected chi connectivity index (χ4v) is 2.82. The van der Waals surface area contributed by atoms with Crippen LogP contribution in [0, 0.1) is 0 Å². The van der Waals surface area contributed by atoms with Gasteiger partial charge in [-0.05, 0) is 12.1 Å². The van der Waals surface area contributed by atoms with E-state index in [9.17, 15) is 8.42 Å². The predicted octanol–water partition coefficient (Wildman–Crippen LogP) is 1.47. The van der Waals surface area contributed by atoms with Crippen LogP contribution in [0.25, 0.3) is 0 Å². The fourth-order valence-electron chi connectivity index (χ4n) is 1.57. The molecule has 1 aliphatic heterocycles. The molecule has 92 valence electrons. The van der Waals surface area contributed by atoms with Crippen molar-refractivity contribution in [1.29, 1.82) is 0 Å². The first-order chi connectivity index (χ1) is 8.08. The van der Waals surface area contributed by atoms with Crippen LogP contribution in [-0.4, -0.2) is 34.3 Å². The quantitative estimate of drug-likeness (QED) is 0.783. The van der Waals surface area contributed by atoms with Gasteiger partial charge in [-0.25, -0.2) is 0 Å². The monoisotopic (exact) mass is 274 g/mol. The number of rotatable bonds is 3. The molecule has 7 heteroatoms. The van der Waals surface area contributed by atoms with E-state index >= 15 is 0 Å². The second kappa shape index (κ2) is 4.54. The molecule has 0 fully saturated rings. The van der Waals surface area contributed by atoms with Crippen molar-refractivity contribution in [2.75, 3.05) is 24.4 Å². The van der Waals surface area contributed by atoms with Crippen molar-refractivity contribution in [2.24, 2.45) is 4.40 Å². The average molecular weight is 275 g/mol. The first kappa shape index (κ1) is 12.2. The molecule has 0 bridgehead atoms. The van der Waals surface area contributed by atoms with E-state index in [2.05, 4.69) is 4.40 Å². The van der Waals surface area contributed by atoms with E-state index in [4.69, 9.17) is 16.3 Å². The van der Waals surface area contributed by atoms with Gasteiger partial charge in [-0.2, -0.15) is 8.42 Å². The molecule has 0 saturated carbocycles. The second-order valence-electron chi connectivity index (χ2n) is 3.41. The highest BCUT2D eigenvalue weighted by Gasteiger charge is 2.25. The lowest BCUT2D eigenvalue weighted by molar-refractivity contribution is 0.413. The third-order valence-corrected chi connectivity index (χ3v) is 3.83. The molecule has 0 N–H and O–H groups in total. The van der Waals surface area contributed by atoms with Gasteiger partial charge < -0.3 is 9.64 Å². The first-order valence-electron chi connectivity index (χ1n) is 4.89. The SMILES string of the molecule is COc1ccc2c(c1)S(=O)(=O)N=CN2CCCl. The van der Waals surface area contributed by atoms with Crippen molar-refractivity contribution < 1.29 is 13.2 Å². The molecule has 1 aromatic carbocycles. The minimum Gasteiger partial charge on any atom is -0.497 e. The van der Waals surface area contributed by atoms with E-state index in [0.717, 1.165) is 0 Å². The summed E-state index contributed by atoms with van der Waals surface area (Å²) in [4.78, 5) is 1.84. The Morgan fingerprint density at radius 1 is 1.47 bits per heavy atom. The van der Waals surface area contributed by atoms with Gasteiger partial charge in [-0.3, -0.25) is 0 Å². The molecule has 0 aromatic heterocycles. The molecule has 0 radical (unpaired) electrons. The van der Waals surface area contributed by atoms with E-state index < -0.39 is 10.0 Å². The summed E-state index contributed by atoms with van der Waals surface area (Å²) in [7, 11) is -2.14. The number of anilines is 1. The Hall–Kier alpha value is -1.27. The molecule has 0 aliphatic carbocycles. The van der Waals surface area contributed by atoms with Crippen molar-refractivity contribution in [3.63, 3.8) is 0 Å². The van der Waals surface area contributed by atoms with E-state index in [1.54, 1.807) is 17.0 Å². The largest absolute Gasteiger partial charge is 0.497 e. The van der Waals surface area contributed by atoms with Crippen LogP contribution in [0.5, 0.6) is 5.75 Å². The number of ether oxygens (including phenoxy) is 1. The minimum absolute atomic E-state index is 0.143. The summed E-state index contributed by atoms with van der Waals surface area (Å²) in [6.07, 6.45) is 1.28. The van der Waals surface area contributed by atoms with Crippen molar-refractivity contribution in [3.8, 4) is 5.75 Å². The maximum atomic E-state index is 11.8. The fraction of sp³-hybridized carbons (Fsp3) is 0.300. The van der Waals surface area contributed by atoms with Gasteiger partial charge in [0.2, 0.25) is 0 Å². The van der Waals surface area contributed by atoms with Crippen LogP contribution in [0.1, 0.15) is 0 Å². The lowest BCUT2D eigenvalue weighted by atomic mass is 10.3. The highest BCUT2D eigenvalue weighted by atomic mass is 35.5. The van der Waals surface area contributed by atoms with Crippen LogP contribution in [0.2, 0.25) is 0 Å². The summed E-state index contributed by atoms with van der Waals surface area (Å²) in [5.74, 6) is 0.868. The Bertz CT molecular complexity index is 557. The molecular weight excluding hydrogens is 264 g/mol. The topological polar surface area (TPSA) is 59.0 Å². The van der Waals surface area contributed by atoms with Crippen LogP contribution < -0.4 is 9.64 Å². The number of nitrogens with zero attached hydrogens (tertiary/aromatic N) is 2. The van der Waals surface area contributed by atoms with Gasteiger partial charge in [0.1, 0.15) is 17.0 Å². The molecule has 1 aromatic rings. The number of halogens is 1. The van der Waals surface area contributed by atoms with Gasteiger partial charge in [0.05, 0.1) is 12.8 Å². The normalized spacial score (nSPS) is 16.7. The van der Waals surface area contributed by atoms with Crippen molar-refractivity contribution >= 4 is 33.7 Å². The Labute approximate surface area is 105 Å². The summed E-state index contributed by atoms with van der Waals surface area (Å²) in [5, 5.41) is 0. The molecule has 1 aliphatic rings. The highest BCUT2D eigenvalue weighted by Crippen LogP contribution is 2.32. The van der Waals surface area contributed by atoms with Gasteiger partial charge in [-0.1, -0.05) is 0 Å². The Kier molecular flexibility index (Phi) is 3.26. The van der Waals surface area contributed by atoms with Crippen molar-refractivity contribution in [2.45, 2.75) is 4.90 Å². The lowest BCUT2D eigenvalue weighted by Gasteiger charge is -2.24. The molecule has 2 rings (SSSR count). The molecule has 0 saturated heterocycles. The summed E-state index contributed by atoms with van der Waals surface area (Å²) < 4.78 is 32.1. The van der Waals surface area contributed by atoms with Crippen LogP contribution >= 0.6 is 11.6 Å². The maximum absolute atomic E-state index is 11.8. The molecule has 0 atom stereocenters. The van der Waals surface area contributed by atoms with Crippen LogP contribution in [0.3, 0.4) is 0 Å². The standard InChI is InChI=1S/C10H11ClN2O3S/c1-16-8-2-3-9-10(6-8)17(14,15)12-7-13(9)5-4-11/h2-3,6-7H,4-5H2,1H3. The Morgan fingerprint density at radius 3 is 2.88 bits per heavy atom. The Balaban J connectivity index is 2.56. The molecular formula is C10H11ClN2O3S. The predicted molar refractivity (Wildman–Crippen MR) is 66.7 cm³/mol. The van der Waals surface area contributed by atoms with Crippen LogP contribution in [-0.2, 0) is 10.0 Å². The summed E-state index contributed by atoms with van der Waals surface area (Å²) in [6, 6.07) is 4.85. The first-order valence-corrected chi connectivity index (χ1v) is 6.87. The minimum atomic E-state index is -3.62. The van der Waals surface area contributed by atoms with E-state index in [0.29, 0.717) is 23.9 Å². The zero-order valence-corrected chi connectivity index (χ0v) is 10.7.